The maximum Gasteiger partial charge on any atom is 0.263 e. The van der Waals surface area contributed by atoms with Crippen LogP contribution in [0.15, 0.2) is 53.4 Å². The molecule has 0 aliphatic rings. The summed E-state index contributed by atoms with van der Waals surface area (Å²) in [6.07, 6.45) is 3.24. The zero-order chi connectivity index (χ0) is 17.7. The van der Waals surface area contributed by atoms with E-state index in [1.165, 1.54) is 12.1 Å². The molecule has 0 saturated heterocycles. The zero-order valence-electron chi connectivity index (χ0n) is 13.6. The SMILES string of the molecule is C/C(C=O)=C/C(=N\N(C)c1cnn(C)c1)c1ccc(C(F)F)cc1. The van der Waals surface area contributed by atoms with E-state index in [2.05, 4.69) is 10.2 Å². The van der Waals surface area contributed by atoms with Crippen LogP contribution in [0.4, 0.5) is 14.5 Å². The number of hydrazone groups is 1. The molecule has 0 fully saturated rings. The number of aromatic nitrogens is 2. The summed E-state index contributed by atoms with van der Waals surface area (Å²) < 4.78 is 27.0. The average molecular weight is 332 g/mol. The van der Waals surface area contributed by atoms with Gasteiger partial charge in [0.2, 0.25) is 0 Å². The van der Waals surface area contributed by atoms with Crippen LogP contribution in [0.1, 0.15) is 24.5 Å². The smallest absolute Gasteiger partial charge is 0.263 e. The molecule has 5 nitrogen and oxygen atoms in total. The Kier molecular flexibility index (Phi) is 5.57. The molecular weight excluding hydrogens is 314 g/mol. The van der Waals surface area contributed by atoms with Gasteiger partial charge >= 0.3 is 0 Å². The summed E-state index contributed by atoms with van der Waals surface area (Å²) in [5.74, 6) is 0. The number of allylic oxidation sites excluding steroid dienone is 2. The molecule has 1 heterocycles. The molecule has 0 spiro atoms. The molecule has 2 rings (SSSR count). The van der Waals surface area contributed by atoms with Crippen molar-refractivity contribution >= 4 is 17.7 Å². The van der Waals surface area contributed by atoms with Crippen LogP contribution in [0.5, 0.6) is 0 Å². The molecule has 24 heavy (non-hydrogen) atoms. The number of benzene rings is 1. The van der Waals surface area contributed by atoms with E-state index in [1.807, 2.05) is 0 Å². The van der Waals surface area contributed by atoms with Gasteiger partial charge in [-0.05, 0) is 18.6 Å². The number of halogens is 2. The van der Waals surface area contributed by atoms with Crippen molar-refractivity contribution < 1.29 is 13.6 Å². The normalized spacial score (nSPS) is 12.6. The summed E-state index contributed by atoms with van der Waals surface area (Å²) in [5, 5.41) is 10.2. The van der Waals surface area contributed by atoms with Crippen molar-refractivity contribution in [2.45, 2.75) is 13.3 Å². The first-order valence-electron chi connectivity index (χ1n) is 7.23. The molecule has 0 saturated carbocycles. The Labute approximate surface area is 138 Å². The highest BCUT2D eigenvalue weighted by molar-refractivity contribution is 6.11. The lowest BCUT2D eigenvalue weighted by molar-refractivity contribution is -0.104. The number of hydrogen-bond donors (Lipinski definition) is 0. The van der Waals surface area contributed by atoms with Gasteiger partial charge in [-0.2, -0.15) is 10.2 Å². The highest BCUT2D eigenvalue weighted by Crippen LogP contribution is 2.20. The predicted molar refractivity (Wildman–Crippen MR) is 89.4 cm³/mol. The first-order valence-corrected chi connectivity index (χ1v) is 7.23. The number of carbonyl (C=O) groups excluding carboxylic acids is 1. The first kappa shape index (κ1) is 17.5. The molecule has 0 N–H and O–H groups in total. The van der Waals surface area contributed by atoms with Crippen LogP contribution < -0.4 is 5.01 Å². The van der Waals surface area contributed by atoms with Crippen LogP contribution in [0.3, 0.4) is 0 Å². The van der Waals surface area contributed by atoms with E-state index in [4.69, 9.17) is 0 Å². The summed E-state index contributed by atoms with van der Waals surface area (Å²) in [6.45, 7) is 1.65. The molecule has 0 radical (unpaired) electrons. The maximum atomic E-state index is 12.7. The largest absolute Gasteiger partial charge is 0.298 e. The summed E-state index contributed by atoms with van der Waals surface area (Å²) in [5.41, 5.74) is 2.31. The fraction of sp³-hybridized carbons (Fsp3) is 0.235. The fourth-order valence-electron chi connectivity index (χ4n) is 2.01. The summed E-state index contributed by atoms with van der Waals surface area (Å²) in [7, 11) is 3.54. The van der Waals surface area contributed by atoms with Gasteiger partial charge in [0.05, 0.1) is 17.6 Å². The van der Waals surface area contributed by atoms with Crippen molar-refractivity contribution in [3.05, 3.63) is 59.4 Å². The number of alkyl halides is 2. The second kappa shape index (κ2) is 7.63. The van der Waals surface area contributed by atoms with Gasteiger partial charge in [0.15, 0.2) is 0 Å². The summed E-state index contributed by atoms with van der Waals surface area (Å²) in [6, 6.07) is 5.82. The molecule has 0 bridgehead atoms. The van der Waals surface area contributed by atoms with Gasteiger partial charge in [-0.15, -0.1) is 0 Å². The number of aldehydes is 1. The monoisotopic (exact) mass is 332 g/mol. The summed E-state index contributed by atoms with van der Waals surface area (Å²) >= 11 is 0. The Hall–Kier alpha value is -2.83. The Morgan fingerprint density at radius 3 is 2.50 bits per heavy atom. The van der Waals surface area contributed by atoms with Gasteiger partial charge in [0, 0.05) is 31.4 Å². The number of anilines is 1. The van der Waals surface area contributed by atoms with Gasteiger partial charge in [-0.3, -0.25) is 14.5 Å². The quantitative estimate of drug-likeness (QED) is 0.353. The topological polar surface area (TPSA) is 50.5 Å². The Morgan fingerprint density at radius 1 is 1.33 bits per heavy atom. The van der Waals surface area contributed by atoms with E-state index in [0.717, 1.165) is 5.69 Å². The lowest BCUT2D eigenvalue weighted by atomic mass is 10.1. The number of aryl methyl sites for hydroxylation is 1. The van der Waals surface area contributed by atoms with Crippen molar-refractivity contribution in [3.63, 3.8) is 0 Å². The second-order valence-electron chi connectivity index (χ2n) is 5.31. The van der Waals surface area contributed by atoms with Crippen LogP contribution in [0, 0.1) is 0 Å². The molecule has 0 aliphatic carbocycles. The third kappa shape index (κ3) is 4.34. The number of rotatable bonds is 6. The van der Waals surface area contributed by atoms with Crippen molar-refractivity contribution in [1.29, 1.82) is 0 Å². The third-order valence-corrected chi connectivity index (χ3v) is 3.33. The lowest BCUT2D eigenvalue weighted by Gasteiger charge is -2.13. The van der Waals surface area contributed by atoms with Crippen molar-refractivity contribution in [1.82, 2.24) is 9.78 Å². The lowest BCUT2D eigenvalue weighted by Crippen LogP contribution is -2.13. The van der Waals surface area contributed by atoms with Crippen molar-refractivity contribution in [2.75, 3.05) is 12.1 Å². The third-order valence-electron chi connectivity index (χ3n) is 3.33. The fourth-order valence-corrected chi connectivity index (χ4v) is 2.01. The predicted octanol–water partition coefficient (Wildman–Crippen LogP) is 3.34. The highest BCUT2D eigenvalue weighted by atomic mass is 19.3. The van der Waals surface area contributed by atoms with Gasteiger partial charge in [0.1, 0.15) is 6.29 Å². The molecule has 126 valence electrons. The van der Waals surface area contributed by atoms with Gasteiger partial charge in [-0.1, -0.05) is 24.3 Å². The van der Waals surface area contributed by atoms with Crippen molar-refractivity contribution in [3.8, 4) is 0 Å². The van der Waals surface area contributed by atoms with Crippen LogP contribution in [-0.2, 0) is 11.8 Å². The molecular formula is C17H18F2N4O. The van der Waals surface area contributed by atoms with Gasteiger partial charge in [-0.25, -0.2) is 8.78 Å². The maximum absolute atomic E-state index is 12.7. The minimum atomic E-state index is -2.52. The Bertz CT molecular complexity index is 763. The molecule has 0 atom stereocenters. The molecule has 7 heteroatoms. The van der Waals surface area contributed by atoms with Crippen LogP contribution in [-0.4, -0.2) is 28.8 Å². The van der Waals surface area contributed by atoms with E-state index in [-0.39, 0.29) is 5.56 Å². The number of carbonyl (C=O) groups is 1. The van der Waals surface area contributed by atoms with Crippen LogP contribution in [0.2, 0.25) is 0 Å². The van der Waals surface area contributed by atoms with Crippen molar-refractivity contribution in [2.24, 2.45) is 12.1 Å². The summed E-state index contributed by atoms with van der Waals surface area (Å²) in [4.78, 5) is 10.9. The highest BCUT2D eigenvalue weighted by Gasteiger charge is 2.10. The minimum Gasteiger partial charge on any atom is -0.298 e. The standard InChI is InChI=1S/C17H18F2N4O/c1-12(11-24)8-16(13-4-6-14(7-5-13)17(18)19)21-23(3)15-9-20-22(2)10-15/h4-11,17H,1-3H3/b12-8-,21-16+. The van der Waals surface area contributed by atoms with Crippen LogP contribution >= 0.6 is 0 Å². The van der Waals surface area contributed by atoms with E-state index in [1.54, 1.807) is 61.3 Å². The molecule has 2 aromatic rings. The Balaban J connectivity index is 2.40. The number of hydrogen-bond acceptors (Lipinski definition) is 4. The molecule has 0 unspecified atom stereocenters. The molecule has 1 aromatic carbocycles. The van der Waals surface area contributed by atoms with E-state index < -0.39 is 6.43 Å². The van der Waals surface area contributed by atoms with E-state index >= 15 is 0 Å². The molecule has 1 aromatic heterocycles. The van der Waals surface area contributed by atoms with Crippen LogP contribution in [0.25, 0.3) is 0 Å². The van der Waals surface area contributed by atoms with E-state index in [0.29, 0.717) is 23.1 Å². The van der Waals surface area contributed by atoms with E-state index in [9.17, 15) is 13.6 Å². The van der Waals surface area contributed by atoms with Gasteiger partial charge < -0.3 is 0 Å². The number of nitrogens with zero attached hydrogens (tertiary/aromatic N) is 4. The molecule has 0 aliphatic heterocycles. The molecule has 0 amide bonds. The first-order chi connectivity index (χ1) is 11.4. The minimum absolute atomic E-state index is 0.0604. The zero-order valence-corrected chi connectivity index (χ0v) is 13.6. The average Bonchev–Trinajstić information content (AvgIpc) is 3.00. The Morgan fingerprint density at radius 2 is 2.00 bits per heavy atom. The van der Waals surface area contributed by atoms with Gasteiger partial charge in [0.25, 0.3) is 6.43 Å². The second-order valence-corrected chi connectivity index (χ2v) is 5.31.